The lowest BCUT2D eigenvalue weighted by atomic mass is 9.92. The van der Waals surface area contributed by atoms with Crippen LogP contribution < -0.4 is 5.32 Å². The molecule has 1 unspecified atom stereocenters. The average molecular weight is 385 g/mol. The van der Waals surface area contributed by atoms with Crippen LogP contribution in [0.5, 0.6) is 0 Å². The summed E-state index contributed by atoms with van der Waals surface area (Å²) in [6.45, 7) is 0.559. The Bertz CT molecular complexity index is 957. The van der Waals surface area contributed by atoms with Gasteiger partial charge in [-0.3, -0.25) is 14.8 Å². The zero-order valence-electron chi connectivity index (χ0n) is 14.8. The SMILES string of the molecule is O=C(N[C@H]1CCCCC1O)c1cn(Cc2ccncc2)c2c(Cl)ccnc12. The number of aliphatic hydroxyl groups excluding tert-OH is 1. The maximum atomic E-state index is 12.9. The second-order valence-electron chi connectivity index (χ2n) is 6.95. The third kappa shape index (κ3) is 3.68. The zero-order chi connectivity index (χ0) is 18.8. The first-order valence-corrected chi connectivity index (χ1v) is 9.52. The van der Waals surface area contributed by atoms with E-state index in [0.717, 1.165) is 36.8 Å². The van der Waals surface area contributed by atoms with Crippen LogP contribution in [-0.4, -0.2) is 37.7 Å². The van der Waals surface area contributed by atoms with Crippen molar-refractivity contribution in [2.45, 2.75) is 44.4 Å². The predicted octanol–water partition coefficient (Wildman–Crippen LogP) is 3.17. The molecule has 1 amide bonds. The molecule has 2 atom stereocenters. The van der Waals surface area contributed by atoms with Crippen LogP contribution in [-0.2, 0) is 6.54 Å². The number of aromatic nitrogens is 3. The number of rotatable bonds is 4. The van der Waals surface area contributed by atoms with Gasteiger partial charge in [0.1, 0.15) is 5.52 Å². The molecule has 2 N–H and O–H groups in total. The molecule has 0 saturated heterocycles. The van der Waals surface area contributed by atoms with Gasteiger partial charge in [-0.15, -0.1) is 0 Å². The maximum absolute atomic E-state index is 12.9. The van der Waals surface area contributed by atoms with E-state index in [1.165, 1.54) is 0 Å². The van der Waals surface area contributed by atoms with E-state index in [-0.39, 0.29) is 11.9 Å². The van der Waals surface area contributed by atoms with Gasteiger partial charge in [-0.1, -0.05) is 24.4 Å². The molecule has 3 heterocycles. The smallest absolute Gasteiger partial charge is 0.255 e. The number of nitrogens with one attached hydrogen (secondary N) is 1. The molecular formula is C20H21ClN4O2. The quantitative estimate of drug-likeness (QED) is 0.724. The fraction of sp³-hybridized carbons (Fsp3) is 0.350. The Balaban J connectivity index is 1.68. The zero-order valence-corrected chi connectivity index (χ0v) is 15.6. The lowest BCUT2D eigenvalue weighted by Crippen LogP contribution is -2.45. The molecule has 7 heteroatoms. The molecule has 1 fully saturated rings. The molecule has 27 heavy (non-hydrogen) atoms. The number of nitrogens with zero attached hydrogens (tertiary/aromatic N) is 3. The fourth-order valence-electron chi connectivity index (χ4n) is 3.68. The number of fused-ring (bicyclic) bond motifs is 1. The van der Waals surface area contributed by atoms with Crippen LogP contribution in [0.15, 0.2) is 43.0 Å². The highest BCUT2D eigenvalue weighted by Gasteiger charge is 2.27. The minimum atomic E-state index is -0.496. The van der Waals surface area contributed by atoms with Gasteiger partial charge < -0.3 is 15.0 Å². The lowest BCUT2D eigenvalue weighted by molar-refractivity contribution is 0.0718. The molecule has 0 spiro atoms. The second kappa shape index (κ2) is 7.66. The first-order chi connectivity index (χ1) is 13.1. The van der Waals surface area contributed by atoms with Crippen molar-refractivity contribution in [1.82, 2.24) is 19.9 Å². The molecule has 0 radical (unpaired) electrons. The average Bonchev–Trinajstić information content (AvgIpc) is 3.04. The van der Waals surface area contributed by atoms with Gasteiger partial charge in [-0.2, -0.15) is 0 Å². The maximum Gasteiger partial charge on any atom is 0.255 e. The number of aliphatic hydroxyl groups is 1. The summed E-state index contributed by atoms with van der Waals surface area (Å²) in [6, 6.07) is 5.35. The molecule has 1 aliphatic carbocycles. The standard InChI is InChI=1S/C20H21ClN4O2/c21-15-7-10-23-18-14(20(27)24-16-3-1-2-4-17(16)26)12-25(19(15)18)11-13-5-8-22-9-6-13/h5-10,12,16-17,26H,1-4,11H2,(H,24,27)/t16-,17?/m0/s1. The van der Waals surface area contributed by atoms with Gasteiger partial charge in [-0.05, 0) is 36.6 Å². The van der Waals surface area contributed by atoms with Gasteiger partial charge in [0.25, 0.3) is 5.91 Å². The Kier molecular flexibility index (Phi) is 5.09. The Labute approximate surface area is 162 Å². The van der Waals surface area contributed by atoms with Crippen LogP contribution in [0, 0.1) is 0 Å². The highest BCUT2D eigenvalue weighted by Crippen LogP contribution is 2.28. The predicted molar refractivity (Wildman–Crippen MR) is 104 cm³/mol. The monoisotopic (exact) mass is 384 g/mol. The van der Waals surface area contributed by atoms with Crippen molar-refractivity contribution in [2.75, 3.05) is 0 Å². The van der Waals surface area contributed by atoms with Gasteiger partial charge in [0.15, 0.2) is 0 Å². The first kappa shape index (κ1) is 17.9. The van der Waals surface area contributed by atoms with Gasteiger partial charge >= 0.3 is 0 Å². The van der Waals surface area contributed by atoms with Crippen LogP contribution in [0.2, 0.25) is 5.02 Å². The van der Waals surface area contributed by atoms with Gasteiger partial charge in [0.2, 0.25) is 0 Å². The van der Waals surface area contributed by atoms with Crippen LogP contribution in [0.3, 0.4) is 0 Å². The number of hydrogen-bond acceptors (Lipinski definition) is 4. The second-order valence-corrected chi connectivity index (χ2v) is 7.36. The molecule has 3 aromatic rings. The largest absolute Gasteiger partial charge is 0.391 e. The number of halogens is 1. The molecule has 0 aromatic carbocycles. The van der Waals surface area contributed by atoms with E-state index in [9.17, 15) is 9.90 Å². The van der Waals surface area contributed by atoms with Gasteiger partial charge in [0.05, 0.1) is 28.2 Å². The summed E-state index contributed by atoms with van der Waals surface area (Å²) < 4.78 is 1.94. The highest BCUT2D eigenvalue weighted by atomic mass is 35.5. The summed E-state index contributed by atoms with van der Waals surface area (Å²) in [4.78, 5) is 21.4. The minimum Gasteiger partial charge on any atom is -0.391 e. The van der Waals surface area contributed by atoms with Crippen molar-refractivity contribution in [3.63, 3.8) is 0 Å². The summed E-state index contributed by atoms with van der Waals surface area (Å²) in [5.41, 5.74) is 2.82. The summed E-state index contributed by atoms with van der Waals surface area (Å²) in [5, 5.41) is 13.7. The van der Waals surface area contributed by atoms with Crippen molar-refractivity contribution < 1.29 is 9.90 Å². The molecule has 140 valence electrons. The molecule has 4 rings (SSSR count). The van der Waals surface area contributed by atoms with E-state index in [4.69, 9.17) is 11.6 Å². The van der Waals surface area contributed by atoms with Crippen molar-refractivity contribution >= 4 is 28.5 Å². The van der Waals surface area contributed by atoms with Crippen LogP contribution in [0.1, 0.15) is 41.6 Å². The van der Waals surface area contributed by atoms with Crippen LogP contribution in [0.25, 0.3) is 11.0 Å². The Morgan fingerprint density at radius 3 is 2.78 bits per heavy atom. The third-order valence-corrected chi connectivity index (χ3v) is 5.40. The molecular weight excluding hydrogens is 364 g/mol. The summed E-state index contributed by atoms with van der Waals surface area (Å²) in [7, 11) is 0. The first-order valence-electron chi connectivity index (χ1n) is 9.14. The van der Waals surface area contributed by atoms with Crippen molar-refractivity contribution in [2.24, 2.45) is 0 Å². The normalized spacial score (nSPS) is 19.9. The Morgan fingerprint density at radius 1 is 1.22 bits per heavy atom. The van der Waals surface area contributed by atoms with E-state index in [1.807, 2.05) is 16.7 Å². The summed E-state index contributed by atoms with van der Waals surface area (Å²) >= 11 is 6.42. The van der Waals surface area contributed by atoms with Crippen LogP contribution in [0.4, 0.5) is 0 Å². The van der Waals surface area contributed by atoms with E-state index in [2.05, 4.69) is 15.3 Å². The molecule has 1 saturated carbocycles. The lowest BCUT2D eigenvalue weighted by Gasteiger charge is -2.28. The van der Waals surface area contributed by atoms with E-state index < -0.39 is 6.10 Å². The number of carbonyl (C=O) groups is 1. The van der Waals surface area contributed by atoms with E-state index in [0.29, 0.717) is 22.6 Å². The number of amides is 1. The molecule has 3 aromatic heterocycles. The number of pyridine rings is 2. The fourth-order valence-corrected chi connectivity index (χ4v) is 3.94. The van der Waals surface area contributed by atoms with Gasteiger partial charge in [0, 0.05) is 31.3 Å². The summed E-state index contributed by atoms with van der Waals surface area (Å²) in [6.07, 6.45) is 9.88. The van der Waals surface area contributed by atoms with Crippen LogP contribution >= 0.6 is 11.6 Å². The van der Waals surface area contributed by atoms with E-state index >= 15 is 0 Å². The number of hydrogen-bond donors (Lipinski definition) is 2. The molecule has 1 aliphatic rings. The third-order valence-electron chi connectivity index (χ3n) is 5.10. The number of carbonyl (C=O) groups excluding carboxylic acids is 1. The highest BCUT2D eigenvalue weighted by molar-refractivity contribution is 6.35. The van der Waals surface area contributed by atoms with Crippen molar-refractivity contribution in [3.8, 4) is 0 Å². The Hall–Kier alpha value is -2.44. The molecule has 6 nitrogen and oxygen atoms in total. The Morgan fingerprint density at radius 2 is 2.00 bits per heavy atom. The van der Waals surface area contributed by atoms with Gasteiger partial charge in [-0.25, -0.2) is 0 Å². The topological polar surface area (TPSA) is 80.0 Å². The van der Waals surface area contributed by atoms with Crippen molar-refractivity contribution in [1.29, 1.82) is 0 Å². The minimum absolute atomic E-state index is 0.218. The van der Waals surface area contributed by atoms with Crippen molar-refractivity contribution in [3.05, 3.63) is 59.1 Å². The van der Waals surface area contributed by atoms with E-state index in [1.54, 1.807) is 30.9 Å². The molecule has 0 bridgehead atoms. The molecule has 0 aliphatic heterocycles. The summed E-state index contributed by atoms with van der Waals surface area (Å²) in [5.74, 6) is -0.228.